The van der Waals surface area contributed by atoms with Crippen LogP contribution in [0, 0.1) is 13.8 Å². The van der Waals surface area contributed by atoms with Crippen LogP contribution in [-0.4, -0.2) is 9.97 Å². The van der Waals surface area contributed by atoms with Crippen LogP contribution in [0.5, 0.6) is 0 Å². The van der Waals surface area contributed by atoms with Gasteiger partial charge in [-0.05, 0) is 73.9 Å². The highest BCUT2D eigenvalue weighted by Gasteiger charge is 2.12. The molecule has 0 bridgehead atoms. The van der Waals surface area contributed by atoms with Crippen molar-refractivity contribution in [2.24, 2.45) is 0 Å². The minimum atomic E-state index is 1.05. The third-order valence-electron chi connectivity index (χ3n) is 5.12. The van der Waals surface area contributed by atoms with Gasteiger partial charge < -0.3 is 0 Å². The number of benzene rings is 1. The van der Waals surface area contributed by atoms with E-state index in [2.05, 4.69) is 39.8 Å². The first kappa shape index (κ1) is 16.9. The second-order valence-electron chi connectivity index (χ2n) is 6.94. The van der Waals surface area contributed by atoms with E-state index in [1.165, 1.54) is 58.7 Å². The number of aryl methyl sites for hydroxylation is 4. The Morgan fingerprint density at radius 2 is 1.12 bits per heavy atom. The molecule has 3 aromatic rings. The van der Waals surface area contributed by atoms with Crippen LogP contribution in [0.25, 0.3) is 21.8 Å². The van der Waals surface area contributed by atoms with Crippen LogP contribution in [0.3, 0.4) is 0 Å². The number of unbranched alkanes of at least 4 members (excludes halogenated alkanes) is 2. The summed E-state index contributed by atoms with van der Waals surface area (Å²) in [5.41, 5.74) is 7.47. The Balaban J connectivity index is 2.16. The second-order valence-corrected chi connectivity index (χ2v) is 6.94. The standard InChI is InChI=1S/C22H28N2/c1-5-7-9-17-11-19-15(3)16(4)20-12-18(10-8-6-2)14-24-22(20)21(19)23-13-17/h11-14H,5-10H2,1-4H3. The summed E-state index contributed by atoms with van der Waals surface area (Å²) in [5, 5.41) is 2.53. The Morgan fingerprint density at radius 3 is 1.50 bits per heavy atom. The first-order valence-corrected chi connectivity index (χ1v) is 9.32. The van der Waals surface area contributed by atoms with Gasteiger partial charge in [0.1, 0.15) is 0 Å². The molecule has 0 unspecified atom stereocenters. The van der Waals surface area contributed by atoms with Crippen molar-refractivity contribution in [2.45, 2.75) is 66.2 Å². The zero-order valence-corrected chi connectivity index (χ0v) is 15.4. The van der Waals surface area contributed by atoms with E-state index in [9.17, 15) is 0 Å². The molecule has 0 N–H and O–H groups in total. The summed E-state index contributed by atoms with van der Waals surface area (Å²) in [5.74, 6) is 0. The lowest BCUT2D eigenvalue weighted by molar-refractivity contribution is 0.793. The first-order chi connectivity index (χ1) is 11.7. The molecule has 0 saturated heterocycles. The van der Waals surface area contributed by atoms with Gasteiger partial charge in [-0.3, -0.25) is 9.97 Å². The predicted octanol–water partition coefficient (Wildman–Crippen LogP) is 6.09. The van der Waals surface area contributed by atoms with Gasteiger partial charge in [-0.1, -0.05) is 26.7 Å². The average Bonchev–Trinajstić information content (AvgIpc) is 2.62. The van der Waals surface area contributed by atoms with Crippen LogP contribution in [-0.2, 0) is 12.8 Å². The van der Waals surface area contributed by atoms with Gasteiger partial charge in [-0.25, -0.2) is 0 Å². The summed E-state index contributed by atoms with van der Waals surface area (Å²) >= 11 is 0. The van der Waals surface area contributed by atoms with Crippen molar-refractivity contribution in [1.82, 2.24) is 9.97 Å². The molecule has 2 nitrogen and oxygen atoms in total. The molecule has 126 valence electrons. The van der Waals surface area contributed by atoms with Crippen molar-refractivity contribution in [3.63, 3.8) is 0 Å². The molecule has 0 aliphatic carbocycles. The first-order valence-electron chi connectivity index (χ1n) is 9.32. The van der Waals surface area contributed by atoms with E-state index in [1.54, 1.807) is 0 Å². The van der Waals surface area contributed by atoms with Crippen molar-refractivity contribution in [2.75, 3.05) is 0 Å². The van der Waals surface area contributed by atoms with Crippen molar-refractivity contribution >= 4 is 21.8 Å². The fourth-order valence-electron chi connectivity index (χ4n) is 3.40. The maximum atomic E-state index is 4.79. The summed E-state index contributed by atoms with van der Waals surface area (Å²) in [6, 6.07) is 4.65. The topological polar surface area (TPSA) is 25.8 Å². The van der Waals surface area contributed by atoms with Crippen molar-refractivity contribution < 1.29 is 0 Å². The Bertz CT molecular complexity index is 792. The minimum absolute atomic E-state index is 1.05. The molecule has 0 spiro atoms. The van der Waals surface area contributed by atoms with E-state index >= 15 is 0 Å². The Kier molecular flexibility index (Phi) is 5.13. The van der Waals surface area contributed by atoms with E-state index < -0.39 is 0 Å². The normalized spacial score (nSPS) is 11.5. The van der Waals surface area contributed by atoms with Gasteiger partial charge in [0.25, 0.3) is 0 Å². The number of rotatable bonds is 6. The molecular formula is C22H28N2. The van der Waals surface area contributed by atoms with Crippen LogP contribution in [0.4, 0.5) is 0 Å². The summed E-state index contributed by atoms with van der Waals surface area (Å²) in [6.45, 7) is 8.91. The Hall–Kier alpha value is -1.96. The third-order valence-corrected chi connectivity index (χ3v) is 5.12. The third kappa shape index (κ3) is 3.15. The maximum absolute atomic E-state index is 4.79. The molecule has 2 aromatic heterocycles. The van der Waals surface area contributed by atoms with Gasteiger partial charge in [0.05, 0.1) is 11.0 Å². The van der Waals surface area contributed by atoms with Gasteiger partial charge in [-0.15, -0.1) is 0 Å². The van der Waals surface area contributed by atoms with Crippen LogP contribution < -0.4 is 0 Å². The van der Waals surface area contributed by atoms with Gasteiger partial charge in [0.15, 0.2) is 0 Å². The number of fused-ring (bicyclic) bond motifs is 3. The van der Waals surface area contributed by atoms with E-state index in [1.807, 2.05) is 12.4 Å². The smallest absolute Gasteiger partial charge is 0.0967 e. The maximum Gasteiger partial charge on any atom is 0.0967 e. The fraction of sp³-hybridized carbons (Fsp3) is 0.455. The lowest BCUT2D eigenvalue weighted by Gasteiger charge is -2.13. The van der Waals surface area contributed by atoms with E-state index in [0.717, 1.165) is 23.9 Å². The molecule has 2 heterocycles. The highest BCUT2D eigenvalue weighted by atomic mass is 14.7. The number of hydrogen-bond donors (Lipinski definition) is 0. The second kappa shape index (κ2) is 7.29. The van der Waals surface area contributed by atoms with Crippen LogP contribution in [0.15, 0.2) is 24.5 Å². The van der Waals surface area contributed by atoms with E-state index in [0.29, 0.717) is 0 Å². The minimum Gasteiger partial charge on any atom is -0.254 e. The van der Waals surface area contributed by atoms with Crippen LogP contribution in [0.1, 0.15) is 61.8 Å². The Morgan fingerprint density at radius 1 is 0.708 bits per heavy atom. The number of pyridine rings is 2. The fourth-order valence-corrected chi connectivity index (χ4v) is 3.40. The molecule has 0 aliphatic heterocycles. The molecule has 0 saturated carbocycles. The average molecular weight is 320 g/mol. The summed E-state index contributed by atoms with van der Waals surface area (Å²) in [4.78, 5) is 9.59. The summed E-state index contributed by atoms with van der Waals surface area (Å²) in [6.07, 6.45) is 11.2. The molecule has 0 radical (unpaired) electrons. The highest BCUT2D eigenvalue weighted by molar-refractivity contribution is 6.06. The van der Waals surface area contributed by atoms with Gasteiger partial charge in [0.2, 0.25) is 0 Å². The highest BCUT2D eigenvalue weighted by Crippen LogP contribution is 2.31. The molecule has 1 aromatic carbocycles. The van der Waals surface area contributed by atoms with Gasteiger partial charge in [-0.2, -0.15) is 0 Å². The van der Waals surface area contributed by atoms with Crippen molar-refractivity contribution in [3.8, 4) is 0 Å². The summed E-state index contributed by atoms with van der Waals surface area (Å²) < 4.78 is 0. The molecule has 2 heteroatoms. The predicted molar refractivity (Wildman–Crippen MR) is 104 cm³/mol. The van der Waals surface area contributed by atoms with Gasteiger partial charge in [0, 0.05) is 23.2 Å². The number of hydrogen-bond acceptors (Lipinski definition) is 2. The molecule has 0 amide bonds. The molecule has 0 atom stereocenters. The SMILES string of the molecule is CCCCc1cnc2c(c1)c(C)c(C)c1cc(CCCC)cnc12. The zero-order valence-electron chi connectivity index (χ0n) is 15.4. The lowest BCUT2D eigenvalue weighted by Crippen LogP contribution is -1.97. The zero-order chi connectivity index (χ0) is 17.1. The Labute approximate surface area is 145 Å². The van der Waals surface area contributed by atoms with Gasteiger partial charge >= 0.3 is 0 Å². The van der Waals surface area contributed by atoms with E-state index in [-0.39, 0.29) is 0 Å². The van der Waals surface area contributed by atoms with Crippen molar-refractivity contribution in [3.05, 3.63) is 46.8 Å². The van der Waals surface area contributed by atoms with Crippen LogP contribution in [0.2, 0.25) is 0 Å². The number of nitrogens with zero attached hydrogens (tertiary/aromatic N) is 2. The largest absolute Gasteiger partial charge is 0.254 e. The molecule has 0 fully saturated rings. The monoisotopic (exact) mass is 320 g/mol. The van der Waals surface area contributed by atoms with Crippen molar-refractivity contribution in [1.29, 1.82) is 0 Å². The quantitative estimate of drug-likeness (QED) is 0.514. The molecule has 24 heavy (non-hydrogen) atoms. The van der Waals surface area contributed by atoms with Crippen LogP contribution >= 0.6 is 0 Å². The summed E-state index contributed by atoms with van der Waals surface area (Å²) in [7, 11) is 0. The molecular weight excluding hydrogens is 292 g/mol. The lowest BCUT2D eigenvalue weighted by atomic mass is 9.95. The molecule has 0 aliphatic rings. The number of aromatic nitrogens is 2. The molecule has 3 rings (SSSR count). The van der Waals surface area contributed by atoms with E-state index in [4.69, 9.17) is 9.97 Å².